The van der Waals surface area contributed by atoms with E-state index in [1.54, 1.807) is 11.3 Å². The zero-order chi connectivity index (χ0) is 11.7. The Morgan fingerprint density at radius 2 is 2.19 bits per heavy atom. The summed E-state index contributed by atoms with van der Waals surface area (Å²) >= 11 is 1.71. The van der Waals surface area contributed by atoms with Gasteiger partial charge in [0.15, 0.2) is 0 Å². The number of rotatable bonds is 3. The second-order valence-electron chi connectivity index (χ2n) is 4.21. The van der Waals surface area contributed by atoms with E-state index in [4.69, 9.17) is 5.11 Å². The molecule has 84 valence electrons. The summed E-state index contributed by atoms with van der Waals surface area (Å²) in [6.07, 6.45) is 0.107. The number of benzene rings is 1. The number of carboxylic acid groups (broad SMARTS) is 1. The molecule has 0 bridgehead atoms. The molecule has 0 saturated heterocycles. The van der Waals surface area contributed by atoms with Crippen molar-refractivity contribution in [3.63, 3.8) is 0 Å². The van der Waals surface area contributed by atoms with Crippen LogP contribution < -0.4 is 0 Å². The molecule has 0 amide bonds. The molecular formula is C13H14O2S. The molecule has 16 heavy (non-hydrogen) atoms. The van der Waals surface area contributed by atoms with E-state index < -0.39 is 5.97 Å². The molecular weight excluding hydrogens is 220 g/mol. The maximum Gasteiger partial charge on any atom is 0.307 e. The van der Waals surface area contributed by atoms with Gasteiger partial charge in [-0.2, -0.15) is 0 Å². The Kier molecular flexibility index (Phi) is 2.97. The zero-order valence-electron chi connectivity index (χ0n) is 9.36. The van der Waals surface area contributed by atoms with Gasteiger partial charge in [-0.1, -0.05) is 32.0 Å². The van der Waals surface area contributed by atoms with Crippen LogP contribution in [0.5, 0.6) is 0 Å². The van der Waals surface area contributed by atoms with Gasteiger partial charge >= 0.3 is 5.97 Å². The van der Waals surface area contributed by atoms with E-state index in [0.29, 0.717) is 5.92 Å². The van der Waals surface area contributed by atoms with Gasteiger partial charge in [0, 0.05) is 9.58 Å². The number of carboxylic acids is 1. The van der Waals surface area contributed by atoms with Crippen LogP contribution in [0.1, 0.15) is 30.2 Å². The lowest BCUT2D eigenvalue weighted by molar-refractivity contribution is -0.136. The number of aliphatic carboxylic acids is 1. The van der Waals surface area contributed by atoms with Gasteiger partial charge in [0.2, 0.25) is 0 Å². The van der Waals surface area contributed by atoms with E-state index in [-0.39, 0.29) is 6.42 Å². The Morgan fingerprint density at radius 1 is 1.44 bits per heavy atom. The minimum atomic E-state index is -0.771. The molecule has 2 aromatic rings. The van der Waals surface area contributed by atoms with Crippen molar-refractivity contribution in [3.05, 3.63) is 34.7 Å². The van der Waals surface area contributed by atoms with Crippen LogP contribution in [0.4, 0.5) is 0 Å². The lowest BCUT2D eigenvalue weighted by atomic mass is 10.1. The average molecular weight is 234 g/mol. The fourth-order valence-corrected chi connectivity index (χ4v) is 2.90. The van der Waals surface area contributed by atoms with Crippen LogP contribution in [-0.4, -0.2) is 11.1 Å². The van der Waals surface area contributed by atoms with Gasteiger partial charge in [-0.15, -0.1) is 11.3 Å². The number of carbonyl (C=O) groups is 1. The Bertz CT molecular complexity index is 526. The first-order valence-corrected chi connectivity index (χ1v) is 6.12. The standard InChI is InChI=1S/C13H14O2S/c1-8(2)11-6-9-4-3-5-10(7-12(14)15)13(9)16-11/h3-6,8H,7H2,1-2H3,(H,14,15). The summed E-state index contributed by atoms with van der Waals surface area (Å²) in [7, 11) is 0. The summed E-state index contributed by atoms with van der Waals surface area (Å²) in [4.78, 5) is 12.1. The zero-order valence-corrected chi connectivity index (χ0v) is 10.2. The molecule has 0 aliphatic heterocycles. The fourth-order valence-electron chi connectivity index (χ4n) is 1.73. The third kappa shape index (κ3) is 2.09. The SMILES string of the molecule is CC(C)c1cc2cccc(CC(=O)O)c2s1. The van der Waals surface area contributed by atoms with Crippen LogP contribution >= 0.6 is 11.3 Å². The van der Waals surface area contributed by atoms with Gasteiger partial charge < -0.3 is 5.11 Å². The molecule has 0 atom stereocenters. The maximum atomic E-state index is 10.8. The highest BCUT2D eigenvalue weighted by atomic mass is 32.1. The molecule has 2 nitrogen and oxygen atoms in total. The van der Waals surface area contributed by atoms with Crippen molar-refractivity contribution < 1.29 is 9.90 Å². The van der Waals surface area contributed by atoms with E-state index in [1.807, 2.05) is 18.2 Å². The Labute approximate surface area is 98.5 Å². The smallest absolute Gasteiger partial charge is 0.307 e. The average Bonchev–Trinajstić information content (AvgIpc) is 2.61. The summed E-state index contributed by atoms with van der Waals surface area (Å²) < 4.78 is 1.12. The summed E-state index contributed by atoms with van der Waals surface area (Å²) in [5.41, 5.74) is 0.918. The van der Waals surface area contributed by atoms with E-state index in [1.165, 1.54) is 4.88 Å². The highest BCUT2D eigenvalue weighted by molar-refractivity contribution is 7.19. The maximum absolute atomic E-state index is 10.8. The Morgan fingerprint density at radius 3 is 2.81 bits per heavy atom. The molecule has 1 aromatic carbocycles. The summed E-state index contributed by atoms with van der Waals surface area (Å²) in [6.45, 7) is 4.31. The van der Waals surface area contributed by atoms with Crippen LogP contribution in [-0.2, 0) is 11.2 Å². The predicted octanol–water partition coefficient (Wildman–Crippen LogP) is 3.65. The van der Waals surface area contributed by atoms with Crippen molar-refractivity contribution in [2.24, 2.45) is 0 Å². The van der Waals surface area contributed by atoms with Gasteiger partial charge in [0.05, 0.1) is 6.42 Å². The highest BCUT2D eigenvalue weighted by Crippen LogP contribution is 2.33. The molecule has 0 unspecified atom stereocenters. The first-order valence-electron chi connectivity index (χ1n) is 5.31. The van der Waals surface area contributed by atoms with Crippen LogP contribution in [0.15, 0.2) is 24.3 Å². The van der Waals surface area contributed by atoms with Crippen molar-refractivity contribution >= 4 is 27.4 Å². The largest absolute Gasteiger partial charge is 0.481 e. The number of hydrogen-bond donors (Lipinski definition) is 1. The number of hydrogen-bond acceptors (Lipinski definition) is 2. The molecule has 0 aliphatic carbocycles. The fraction of sp³-hybridized carbons (Fsp3) is 0.308. The molecule has 3 heteroatoms. The summed E-state index contributed by atoms with van der Waals surface area (Å²) in [5.74, 6) is -0.276. The van der Waals surface area contributed by atoms with Crippen LogP contribution in [0.25, 0.3) is 10.1 Å². The van der Waals surface area contributed by atoms with Gasteiger partial charge in [0.1, 0.15) is 0 Å². The number of thiophene rings is 1. The minimum absolute atomic E-state index is 0.107. The van der Waals surface area contributed by atoms with Crippen molar-refractivity contribution in [1.82, 2.24) is 0 Å². The molecule has 0 aliphatic rings. The Hall–Kier alpha value is -1.35. The van der Waals surface area contributed by atoms with Crippen LogP contribution in [0.3, 0.4) is 0 Å². The van der Waals surface area contributed by atoms with Crippen molar-refractivity contribution in [1.29, 1.82) is 0 Å². The molecule has 0 radical (unpaired) electrons. The first-order chi connectivity index (χ1) is 7.58. The molecule has 1 heterocycles. The summed E-state index contributed by atoms with van der Waals surface area (Å²) in [5, 5.41) is 10.0. The van der Waals surface area contributed by atoms with Gasteiger partial charge in [-0.25, -0.2) is 0 Å². The van der Waals surface area contributed by atoms with Crippen molar-refractivity contribution in [2.75, 3.05) is 0 Å². The highest BCUT2D eigenvalue weighted by Gasteiger charge is 2.10. The second kappa shape index (κ2) is 4.26. The minimum Gasteiger partial charge on any atom is -0.481 e. The van der Waals surface area contributed by atoms with E-state index in [0.717, 1.165) is 15.6 Å². The van der Waals surface area contributed by atoms with E-state index >= 15 is 0 Å². The topological polar surface area (TPSA) is 37.3 Å². The van der Waals surface area contributed by atoms with Crippen molar-refractivity contribution in [2.45, 2.75) is 26.2 Å². The van der Waals surface area contributed by atoms with E-state index in [9.17, 15) is 4.79 Å². The lowest BCUT2D eigenvalue weighted by Gasteiger charge is -1.98. The quantitative estimate of drug-likeness (QED) is 0.880. The van der Waals surface area contributed by atoms with Gasteiger partial charge in [0.25, 0.3) is 0 Å². The van der Waals surface area contributed by atoms with Gasteiger partial charge in [-0.05, 0) is 22.9 Å². The third-order valence-electron chi connectivity index (χ3n) is 2.56. The first kappa shape index (κ1) is 11.1. The predicted molar refractivity (Wildman–Crippen MR) is 67.3 cm³/mol. The summed E-state index contributed by atoms with van der Waals surface area (Å²) in [6, 6.07) is 8.04. The number of fused-ring (bicyclic) bond motifs is 1. The monoisotopic (exact) mass is 234 g/mol. The van der Waals surface area contributed by atoms with Crippen LogP contribution in [0.2, 0.25) is 0 Å². The van der Waals surface area contributed by atoms with E-state index in [2.05, 4.69) is 19.9 Å². The molecule has 0 saturated carbocycles. The van der Waals surface area contributed by atoms with Crippen molar-refractivity contribution in [3.8, 4) is 0 Å². The second-order valence-corrected chi connectivity index (χ2v) is 5.29. The molecule has 0 spiro atoms. The Balaban J connectivity index is 2.54. The van der Waals surface area contributed by atoms with Crippen LogP contribution in [0, 0.1) is 0 Å². The molecule has 2 rings (SSSR count). The molecule has 0 fully saturated rings. The third-order valence-corrected chi connectivity index (χ3v) is 4.08. The lowest BCUT2D eigenvalue weighted by Crippen LogP contribution is -1.99. The normalized spacial score (nSPS) is 11.2. The molecule has 1 N–H and O–H groups in total. The van der Waals surface area contributed by atoms with Gasteiger partial charge in [-0.3, -0.25) is 4.79 Å². The molecule has 1 aromatic heterocycles.